The second kappa shape index (κ2) is 4.61. The summed E-state index contributed by atoms with van der Waals surface area (Å²) in [5.74, 6) is 0. The maximum absolute atomic E-state index is 5.78. The molecule has 0 aliphatic heterocycles. The van der Waals surface area contributed by atoms with E-state index >= 15 is 0 Å². The van der Waals surface area contributed by atoms with Crippen molar-refractivity contribution in [2.75, 3.05) is 0 Å². The van der Waals surface area contributed by atoms with Crippen molar-refractivity contribution in [3.63, 3.8) is 0 Å². The van der Waals surface area contributed by atoms with Crippen LogP contribution < -0.4 is 0 Å². The largest absolute Gasteiger partial charge is 0.464 e. The van der Waals surface area contributed by atoms with Crippen molar-refractivity contribution >= 4 is 54.1 Å². The van der Waals surface area contributed by atoms with Crippen molar-refractivity contribution in [2.45, 2.75) is 0 Å². The second-order valence-corrected chi connectivity index (χ2v) is 6.58. The van der Waals surface area contributed by atoms with E-state index in [4.69, 9.17) is 4.42 Å². The highest BCUT2D eigenvalue weighted by atomic mass is 16.3. The molecule has 5 aromatic carbocycles. The number of rotatable bonds is 0. The third kappa shape index (κ3) is 1.62. The molecule has 0 unspecified atom stereocenters. The molecule has 0 amide bonds. The molecule has 25 heavy (non-hydrogen) atoms. The topological polar surface area (TPSA) is 13.1 Å². The van der Waals surface area contributed by atoms with Crippen LogP contribution in [0.25, 0.3) is 54.1 Å². The highest BCUT2D eigenvalue weighted by Crippen LogP contribution is 2.40. The van der Waals surface area contributed by atoms with E-state index in [1.165, 1.54) is 43.1 Å². The van der Waals surface area contributed by atoms with Crippen LogP contribution in [0, 0.1) is 0 Å². The summed E-state index contributed by atoms with van der Waals surface area (Å²) in [5, 5.41) is 11.4. The maximum atomic E-state index is 5.78. The van der Waals surface area contributed by atoms with Gasteiger partial charge in [-0.05, 0) is 49.8 Å². The van der Waals surface area contributed by atoms with E-state index in [-0.39, 0.29) is 0 Å². The maximum Gasteiger partial charge on any atom is 0.141 e. The molecule has 0 aliphatic carbocycles. The minimum atomic E-state index is 0.969. The normalized spacial score (nSPS) is 12.0. The van der Waals surface area contributed by atoms with Gasteiger partial charge in [0.15, 0.2) is 0 Å². The van der Waals surface area contributed by atoms with Gasteiger partial charge in [-0.15, -0.1) is 0 Å². The first-order chi connectivity index (χ1) is 12.4. The second-order valence-electron chi connectivity index (χ2n) is 6.58. The Bertz CT molecular complexity index is 1400. The molecule has 1 heteroatoms. The zero-order valence-corrected chi connectivity index (χ0v) is 13.5. The third-order valence-electron chi connectivity index (χ3n) is 5.32. The molecule has 0 N–H and O–H groups in total. The van der Waals surface area contributed by atoms with Crippen molar-refractivity contribution < 1.29 is 4.42 Å². The Kier molecular flexibility index (Phi) is 2.40. The van der Waals surface area contributed by atoms with Gasteiger partial charge in [-0.1, -0.05) is 66.7 Å². The van der Waals surface area contributed by atoms with Gasteiger partial charge in [0.1, 0.15) is 5.58 Å². The minimum absolute atomic E-state index is 0.969. The molecular weight excluding hydrogens is 304 g/mol. The monoisotopic (exact) mass is 318 g/mol. The van der Waals surface area contributed by atoms with Gasteiger partial charge in [0.2, 0.25) is 0 Å². The van der Waals surface area contributed by atoms with Crippen molar-refractivity contribution in [3.8, 4) is 0 Å². The van der Waals surface area contributed by atoms with E-state index in [9.17, 15) is 0 Å². The summed E-state index contributed by atoms with van der Waals surface area (Å²) in [6, 6.07) is 28.2. The summed E-state index contributed by atoms with van der Waals surface area (Å²) in [6.45, 7) is 0. The molecule has 6 rings (SSSR count). The van der Waals surface area contributed by atoms with Crippen LogP contribution in [0.1, 0.15) is 0 Å². The Morgan fingerprint density at radius 3 is 1.72 bits per heavy atom. The van der Waals surface area contributed by atoms with Crippen molar-refractivity contribution in [1.82, 2.24) is 0 Å². The molecule has 0 atom stereocenters. The van der Waals surface area contributed by atoms with Gasteiger partial charge in [0.05, 0.1) is 6.26 Å². The van der Waals surface area contributed by atoms with Gasteiger partial charge in [-0.25, -0.2) is 0 Å². The predicted octanol–water partition coefficient (Wildman–Crippen LogP) is 7.05. The summed E-state index contributed by atoms with van der Waals surface area (Å²) in [4.78, 5) is 0. The molecule has 0 saturated heterocycles. The first-order valence-corrected chi connectivity index (χ1v) is 8.54. The van der Waals surface area contributed by atoms with E-state index in [2.05, 4.69) is 72.8 Å². The zero-order valence-electron chi connectivity index (χ0n) is 13.5. The van der Waals surface area contributed by atoms with Gasteiger partial charge in [-0.3, -0.25) is 0 Å². The Balaban J connectivity index is 2.02. The van der Waals surface area contributed by atoms with Crippen LogP contribution >= 0.6 is 0 Å². The fraction of sp³-hybridized carbons (Fsp3) is 0. The average Bonchev–Trinajstić information content (AvgIpc) is 3.17. The molecule has 6 aromatic rings. The number of furan rings is 1. The summed E-state index contributed by atoms with van der Waals surface area (Å²) >= 11 is 0. The van der Waals surface area contributed by atoms with E-state index in [0.717, 1.165) is 11.0 Å². The number of hydrogen-bond acceptors (Lipinski definition) is 1. The van der Waals surface area contributed by atoms with Crippen LogP contribution in [0.2, 0.25) is 0 Å². The standard InChI is InChI=1S/C24H14O/c1-2-7-18-16(5-1)17-6-3-4-8-19(17)23-20(18)11-12-22-21(23)10-9-15-13-14-25-24(15)22/h1-14H. The highest BCUT2D eigenvalue weighted by Gasteiger charge is 2.12. The minimum Gasteiger partial charge on any atom is -0.464 e. The fourth-order valence-corrected chi connectivity index (χ4v) is 4.24. The van der Waals surface area contributed by atoms with Gasteiger partial charge in [-0.2, -0.15) is 0 Å². The summed E-state index contributed by atoms with van der Waals surface area (Å²) in [5.41, 5.74) is 0.969. The molecule has 0 fully saturated rings. The molecule has 0 spiro atoms. The smallest absolute Gasteiger partial charge is 0.141 e. The summed E-state index contributed by atoms with van der Waals surface area (Å²) in [6.07, 6.45) is 1.77. The van der Waals surface area contributed by atoms with Crippen LogP contribution in [-0.2, 0) is 0 Å². The molecule has 0 radical (unpaired) electrons. The Labute approximate surface area is 144 Å². The van der Waals surface area contributed by atoms with E-state index < -0.39 is 0 Å². The van der Waals surface area contributed by atoms with Crippen LogP contribution in [0.3, 0.4) is 0 Å². The number of benzene rings is 5. The molecule has 1 heterocycles. The predicted molar refractivity (Wildman–Crippen MR) is 106 cm³/mol. The van der Waals surface area contributed by atoms with Crippen LogP contribution in [0.5, 0.6) is 0 Å². The van der Waals surface area contributed by atoms with E-state index in [1.54, 1.807) is 6.26 Å². The first-order valence-electron chi connectivity index (χ1n) is 8.54. The van der Waals surface area contributed by atoms with Crippen molar-refractivity contribution in [2.24, 2.45) is 0 Å². The molecule has 116 valence electrons. The van der Waals surface area contributed by atoms with E-state index in [1.807, 2.05) is 6.07 Å². The lowest BCUT2D eigenvalue weighted by atomic mass is 9.91. The fourth-order valence-electron chi connectivity index (χ4n) is 4.24. The molecule has 0 aliphatic rings. The lowest BCUT2D eigenvalue weighted by Gasteiger charge is -2.12. The Morgan fingerprint density at radius 1 is 0.440 bits per heavy atom. The zero-order chi connectivity index (χ0) is 16.4. The quantitative estimate of drug-likeness (QED) is 0.274. The van der Waals surface area contributed by atoms with Crippen molar-refractivity contribution in [3.05, 3.63) is 85.1 Å². The van der Waals surface area contributed by atoms with E-state index in [0.29, 0.717) is 0 Å². The van der Waals surface area contributed by atoms with Gasteiger partial charge >= 0.3 is 0 Å². The Morgan fingerprint density at radius 2 is 0.960 bits per heavy atom. The third-order valence-corrected chi connectivity index (χ3v) is 5.32. The molecule has 0 bridgehead atoms. The summed E-state index contributed by atoms with van der Waals surface area (Å²) < 4.78 is 5.78. The summed E-state index contributed by atoms with van der Waals surface area (Å²) in [7, 11) is 0. The first kappa shape index (κ1) is 13.0. The van der Waals surface area contributed by atoms with Crippen LogP contribution in [0.15, 0.2) is 89.5 Å². The van der Waals surface area contributed by atoms with Crippen molar-refractivity contribution in [1.29, 1.82) is 0 Å². The lowest BCUT2D eigenvalue weighted by molar-refractivity contribution is 0.619. The van der Waals surface area contributed by atoms with Gasteiger partial charge < -0.3 is 4.42 Å². The molecule has 0 saturated carbocycles. The van der Waals surface area contributed by atoms with Crippen LogP contribution in [-0.4, -0.2) is 0 Å². The average molecular weight is 318 g/mol. The Hall–Kier alpha value is -3.32. The molecule has 1 aromatic heterocycles. The molecule has 1 nitrogen and oxygen atoms in total. The van der Waals surface area contributed by atoms with Crippen LogP contribution in [0.4, 0.5) is 0 Å². The number of fused-ring (bicyclic) bond motifs is 10. The molecular formula is C24H14O. The lowest BCUT2D eigenvalue weighted by Crippen LogP contribution is -1.85. The number of hydrogen-bond donors (Lipinski definition) is 0. The van der Waals surface area contributed by atoms with Gasteiger partial charge in [0, 0.05) is 10.8 Å². The van der Waals surface area contributed by atoms with Gasteiger partial charge in [0.25, 0.3) is 0 Å². The SMILES string of the molecule is c1ccc2c(c1)c1ccccc1c1c2ccc2c1ccc1ccoc12. The highest BCUT2D eigenvalue weighted by molar-refractivity contribution is 6.32.